The van der Waals surface area contributed by atoms with E-state index >= 15 is 0 Å². The predicted molar refractivity (Wildman–Crippen MR) is 108 cm³/mol. The molecule has 0 aliphatic heterocycles. The molecular weight excluding hydrogens is 366 g/mol. The summed E-state index contributed by atoms with van der Waals surface area (Å²) < 4.78 is 1.43. The molecule has 0 spiro atoms. The average molecular weight is 386 g/mol. The van der Waals surface area contributed by atoms with Crippen molar-refractivity contribution in [1.82, 2.24) is 9.78 Å². The highest BCUT2D eigenvalue weighted by molar-refractivity contribution is 7.98. The second-order valence-corrected chi connectivity index (χ2v) is 7.41. The van der Waals surface area contributed by atoms with Gasteiger partial charge >= 0.3 is 0 Å². The lowest BCUT2D eigenvalue weighted by atomic mass is 10.2. The number of rotatable bonds is 7. The van der Waals surface area contributed by atoms with Crippen LogP contribution < -0.4 is 10.9 Å². The van der Waals surface area contributed by atoms with Crippen molar-refractivity contribution >= 4 is 34.7 Å². The van der Waals surface area contributed by atoms with E-state index in [9.17, 15) is 9.59 Å². The third kappa shape index (κ3) is 4.62. The number of nitrogens with one attached hydrogen (secondary N) is 1. The second-order valence-electron chi connectivity index (χ2n) is 5.61. The zero-order valence-electron chi connectivity index (χ0n) is 14.3. The Morgan fingerprint density at radius 3 is 2.81 bits per heavy atom. The Labute approximate surface area is 160 Å². The summed E-state index contributed by atoms with van der Waals surface area (Å²) in [6, 6.07) is 14.9. The van der Waals surface area contributed by atoms with Crippen LogP contribution in [0.3, 0.4) is 0 Å². The Bertz CT molecular complexity index is 936. The highest BCUT2D eigenvalue weighted by Crippen LogP contribution is 2.24. The minimum absolute atomic E-state index is 0.0611. The number of thioether (sulfide) groups is 1. The summed E-state index contributed by atoms with van der Waals surface area (Å²) in [6.07, 6.45) is 2.86. The number of hydrogen-bond acceptors (Lipinski definition) is 5. The van der Waals surface area contributed by atoms with Crippen LogP contribution in [-0.4, -0.2) is 21.9 Å². The van der Waals surface area contributed by atoms with Crippen LogP contribution >= 0.6 is 23.1 Å². The normalized spacial score (nSPS) is 10.7. The summed E-state index contributed by atoms with van der Waals surface area (Å²) in [6.45, 7) is 0.412. The van der Waals surface area contributed by atoms with Crippen molar-refractivity contribution in [2.24, 2.45) is 0 Å². The maximum atomic E-state index is 12.2. The number of thiophene rings is 1. The summed E-state index contributed by atoms with van der Waals surface area (Å²) in [5.41, 5.74) is 1.44. The van der Waals surface area contributed by atoms with E-state index in [1.807, 2.05) is 48.0 Å². The number of benzene rings is 1. The van der Waals surface area contributed by atoms with Gasteiger partial charge in [0.2, 0.25) is 5.91 Å². The van der Waals surface area contributed by atoms with Gasteiger partial charge in [-0.3, -0.25) is 9.59 Å². The molecule has 0 radical (unpaired) electrons. The maximum absolute atomic E-state index is 12.2. The van der Waals surface area contributed by atoms with Gasteiger partial charge in [0, 0.05) is 23.9 Å². The van der Waals surface area contributed by atoms with E-state index in [4.69, 9.17) is 0 Å². The topological polar surface area (TPSA) is 64.0 Å². The molecule has 2 heterocycles. The fraction of sp³-hybridized carbons (Fsp3) is 0.211. The number of aryl methyl sites for hydroxylation is 1. The van der Waals surface area contributed by atoms with Gasteiger partial charge in [0.15, 0.2) is 0 Å². The van der Waals surface area contributed by atoms with Crippen LogP contribution in [0.1, 0.15) is 12.8 Å². The first-order valence-electron chi connectivity index (χ1n) is 8.22. The van der Waals surface area contributed by atoms with Crippen LogP contribution in [0.15, 0.2) is 63.6 Å². The number of para-hydroxylation sites is 1. The number of hydrogen-bond donors (Lipinski definition) is 1. The van der Waals surface area contributed by atoms with Crippen molar-refractivity contribution in [3.63, 3.8) is 0 Å². The molecule has 0 aliphatic carbocycles. The third-order valence-corrected chi connectivity index (χ3v) is 5.48. The van der Waals surface area contributed by atoms with Gasteiger partial charge in [-0.2, -0.15) is 5.10 Å². The zero-order chi connectivity index (χ0) is 18.4. The number of nitrogens with zero attached hydrogens (tertiary/aromatic N) is 2. The van der Waals surface area contributed by atoms with Gasteiger partial charge in [0.25, 0.3) is 5.56 Å². The highest BCUT2D eigenvalue weighted by Gasteiger charge is 2.08. The molecule has 0 saturated carbocycles. The smallest absolute Gasteiger partial charge is 0.266 e. The maximum Gasteiger partial charge on any atom is 0.266 e. The first kappa shape index (κ1) is 18.4. The Balaban J connectivity index is 1.58. The summed E-state index contributed by atoms with van der Waals surface area (Å²) >= 11 is 3.17. The molecule has 0 atom stereocenters. The van der Waals surface area contributed by atoms with E-state index in [0.29, 0.717) is 19.4 Å². The molecule has 7 heteroatoms. The van der Waals surface area contributed by atoms with E-state index in [0.717, 1.165) is 21.2 Å². The average Bonchev–Trinajstić information content (AvgIpc) is 3.18. The fourth-order valence-corrected chi connectivity index (χ4v) is 3.76. The summed E-state index contributed by atoms with van der Waals surface area (Å²) in [5.74, 6) is -0.0611. The molecule has 0 unspecified atom stereocenters. The Kier molecular flexibility index (Phi) is 6.25. The van der Waals surface area contributed by atoms with E-state index in [1.165, 1.54) is 10.7 Å². The first-order valence-corrected chi connectivity index (χ1v) is 10.3. The van der Waals surface area contributed by atoms with Gasteiger partial charge in [-0.15, -0.1) is 23.1 Å². The van der Waals surface area contributed by atoms with Gasteiger partial charge in [-0.05, 0) is 42.3 Å². The van der Waals surface area contributed by atoms with E-state index in [2.05, 4.69) is 10.4 Å². The van der Waals surface area contributed by atoms with Gasteiger partial charge in [0.05, 0.1) is 10.6 Å². The molecule has 1 aromatic carbocycles. The Morgan fingerprint density at radius 2 is 2.04 bits per heavy atom. The first-order chi connectivity index (χ1) is 12.7. The van der Waals surface area contributed by atoms with Gasteiger partial charge in [0.1, 0.15) is 5.69 Å². The molecule has 1 N–H and O–H groups in total. The van der Waals surface area contributed by atoms with E-state index in [-0.39, 0.29) is 11.5 Å². The lowest BCUT2D eigenvalue weighted by Gasteiger charge is -2.09. The molecule has 26 heavy (non-hydrogen) atoms. The van der Waals surface area contributed by atoms with Crippen molar-refractivity contribution in [3.8, 4) is 10.6 Å². The number of amides is 1. The molecule has 0 saturated heterocycles. The largest absolute Gasteiger partial charge is 0.325 e. The molecule has 0 aliphatic rings. The number of anilines is 1. The summed E-state index contributed by atoms with van der Waals surface area (Å²) in [5, 5.41) is 9.31. The molecule has 2 aromatic heterocycles. The van der Waals surface area contributed by atoms with Gasteiger partial charge in [-0.25, -0.2) is 4.68 Å². The predicted octanol–water partition coefficient (Wildman–Crippen LogP) is 4.11. The van der Waals surface area contributed by atoms with Crippen molar-refractivity contribution in [1.29, 1.82) is 0 Å². The molecule has 3 rings (SSSR count). The van der Waals surface area contributed by atoms with Crippen LogP contribution in [0, 0.1) is 0 Å². The van der Waals surface area contributed by atoms with Crippen molar-refractivity contribution in [3.05, 3.63) is 64.3 Å². The molecule has 134 valence electrons. The van der Waals surface area contributed by atoms with E-state index in [1.54, 1.807) is 29.2 Å². The van der Waals surface area contributed by atoms with Crippen LogP contribution in [0.25, 0.3) is 10.6 Å². The monoisotopic (exact) mass is 385 g/mol. The highest BCUT2D eigenvalue weighted by atomic mass is 32.2. The fourth-order valence-electron chi connectivity index (χ4n) is 2.51. The minimum atomic E-state index is -0.154. The molecule has 3 aromatic rings. The van der Waals surface area contributed by atoms with Crippen LogP contribution in [0.4, 0.5) is 5.69 Å². The molecule has 0 fully saturated rings. The van der Waals surface area contributed by atoms with Crippen LogP contribution in [0.5, 0.6) is 0 Å². The lowest BCUT2D eigenvalue weighted by Crippen LogP contribution is -2.23. The lowest BCUT2D eigenvalue weighted by molar-refractivity contribution is -0.116. The summed E-state index contributed by atoms with van der Waals surface area (Å²) in [4.78, 5) is 26.2. The number of aromatic nitrogens is 2. The number of carbonyl (C=O) groups is 1. The van der Waals surface area contributed by atoms with E-state index < -0.39 is 0 Å². The quantitative estimate of drug-likeness (QED) is 0.622. The third-order valence-electron chi connectivity index (χ3n) is 3.80. The van der Waals surface area contributed by atoms with Crippen molar-refractivity contribution < 1.29 is 4.79 Å². The zero-order valence-corrected chi connectivity index (χ0v) is 16.0. The Hall–Kier alpha value is -2.38. The minimum Gasteiger partial charge on any atom is -0.325 e. The van der Waals surface area contributed by atoms with Crippen LogP contribution in [0.2, 0.25) is 0 Å². The van der Waals surface area contributed by atoms with Gasteiger partial charge < -0.3 is 5.32 Å². The second kappa shape index (κ2) is 8.82. The molecule has 0 bridgehead atoms. The SMILES string of the molecule is CSc1ccccc1NC(=O)CCCn1nc(-c2cccs2)ccc1=O. The van der Waals surface area contributed by atoms with Crippen molar-refractivity contribution in [2.45, 2.75) is 24.3 Å². The molecule has 1 amide bonds. The summed E-state index contributed by atoms with van der Waals surface area (Å²) in [7, 11) is 0. The Morgan fingerprint density at radius 1 is 1.19 bits per heavy atom. The molecule has 5 nitrogen and oxygen atoms in total. The standard InChI is InChI=1S/C19H19N3O2S2/c1-25-16-7-3-2-6-14(16)20-18(23)9-4-12-22-19(24)11-10-15(21-22)17-8-5-13-26-17/h2-3,5-8,10-11,13H,4,9,12H2,1H3,(H,20,23). The van der Waals surface area contributed by atoms with Crippen molar-refractivity contribution in [2.75, 3.05) is 11.6 Å². The number of carbonyl (C=O) groups excluding carboxylic acids is 1. The van der Waals surface area contributed by atoms with Gasteiger partial charge in [-0.1, -0.05) is 18.2 Å². The molecular formula is C19H19N3O2S2. The van der Waals surface area contributed by atoms with Crippen LogP contribution in [-0.2, 0) is 11.3 Å².